The van der Waals surface area contributed by atoms with Crippen molar-refractivity contribution in [2.75, 3.05) is 6.61 Å². The van der Waals surface area contributed by atoms with Gasteiger partial charge in [0.1, 0.15) is 6.61 Å². The van der Waals surface area contributed by atoms with Crippen LogP contribution in [0.15, 0.2) is 72.1 Å². The minimum absolute atomic E-state index is 0.112. The summed E-state index contributed by atoms with van der Waals surface area (Å²) in [6.45, 7) is 0.393. The molecule has 0 spiro atoms. The van der Waals surface area contributed by atoms with Crippen molar-refractivity contribution in [2.24, 2.45) is 0 Å². The topological polar surface area (TPSA) is 29.5 Å². The third-order valence-corrected chi connectivity index (χ3v) is 7.73. The highest BCUT2D eigenvalue weighted by Crippen LogP contribution is 2.45. The molecule has 0 radical (unpaired) electrons. The number of amides is 1. The van der Waals surface area contributed by atoms with Crippen LogP contribution in [0.5, 0.6) is 0 Å². The van der Waals surface area contributed by atoms with Crippen LogP contribution in [0.4, 0.5) is 4.79 Å². The molecule has 3 heterocycles. The molecule has 2 aliphatic heterocycles. The van der Waals surface area contributed by atoms with Gasteiger partial charge in [0.05, 0.1) is 6.04 Å². The maximum Gasteiger partial charge on any atom is 0.410 e. The van der Waals surface area contributed by atoms with Crippen molar-refractivity contribution in [3.63, 3.8) is 0 Å². The summed E-state index contributed by atoms with van der Waals surface area (Å²) >= 11 is 1.78. The molecule has 30 heavy (non-hydrogen) atoms. The molecule has 4 heteroatoms. The summed E-state index contributed by atoms with van der Waals surface area (Å²) in [6, 6.07) is 21.6. The summed E-state index contributed by atoms with van der Waals surface area (Å²) in [4.78, 5) is 16.4. The Kier molecular flexibility index (Phi) is 4.27. The van der Waals surface area contributed by atoms with Gasteiger partial charge in [-0.15, -0.1) is 11.3 Å². The molecule has 0 N–H and O–H groups in total. The molecule has 3 aliphatic rings. The van der Waals surface area contributed by atoms with Gasteiger partial charge in [-0.25, -0.2) is 4.79 Å². The number of fused-ring (bicyclic) bond motifs is 5. The lowest BCUT2D eigenvalue weighted by atomic mass is 9.98. The zero-order chi connectivity index (χ0) is 20.1. The smallest absolute Gasteiger partial charge is 0.410 e. The second kappa shape index (κ2) is 7.13. The van der Waals surface area contributed by atoms with E-state index in [1.165, 1.54) is 32.7 Å². The summed E-state index contributed by atoms with van der Waals surface area (Å²) in [5.74, 6) is 0.112. The number of nitrogens with zero attached hydrogens (tertiary/aromatic N) is 1. The lowest BCUT2D eigenvalue weighted by Crippen LogP contribution is -2.43. The van der Waals surface area contributed by atoms with Crippen LogP contribution in [-0.4, -0.2) is 29.7 Å². The molecule has 1 aliphatic carbocycles. The van der Waals surface area contributed by atoms with Crippen LogP contribution in [0.25, 0.3) is 16.7 Å². The highest BCUT2D eigenvalue weighted by molar-refractivity contribution is 7.11. The number of carbonyl (C=O) groups excluding carboxylic acids is 1. The maximum atomic E-state index is 13.1. The van der Waals surface area contributed by atoms with Gasteiger partial charge < -0.3 is 4.74 Å². The number of hydrogen-bond donors (Lipinski definition) is 0. The Bertz CT molecular complexity index is 1090. The first-order valence-electron chi connectivity index (χ1n) is 10.7. The van der Waals surface area contributed by atoms with E-state index in [0.717, 1.165) is 19.3 Å². The molecule has 1 amide bonds. The fraction of sp³-hybridized carbons (Fsp3) is 0.269. The van der Waals surface area contributed by atoms with Gasteiger partial charge >= 0.3 is 6.09 Å². The third-order valence-electron chi connectivity index (χ3n) is 6.78. The zero-order valence-electron chi connectivity index (χ0n) is 16.7. The molecule has 0 saturated carbocycles. The van der Waals surface area contributed by atoms with E-state index in [2.05, 4.69) is 72.1 Å². The molecule has 1 aromatic heterocycles. The van der Waals surface area contributed by atoms with Crippen molar-refractivity contribution in [2.45, 2.75) is 37.3 Å². The monoisotopic (exact) mass is 413 g/mol. The van der Waals surface area contributed by atoms with Crippen molar-refractivity contribution in [1.82, 2.24) is 4.90 Å². The number of rotatable bonds is 3. The number of thiophene rings is 1. The van der Waals surface area contributed by atoms with Crippen LogP contribution in [-0.2, 0) is 4.74 Å². The first-order chi connectivity index (χ1) is 14.8. The number of benzene rings is 2. The van der Waals surface area contributed by atoms with E-state index in [4.69, 9.17) is 4.74 Å². The van der Waals surface area contributed by atoms with Crippen LogP contribution in [0.2, 0.25) is 0 Å². The Balaban J connectivity index is 1.21. The number of ether oxygens (including phenoxy) is 1. The third kappa shape index (κ3) is 2.82. The second-order valence-corrected chi connectivity index (χ2v) is 9.33. The van der Waals surface area contributed by atoms with E-state index < -0.39 is 0 Å². The second-order valence-electron chi connectivity index (χ2n) is 8.38. The molecule has 1 fully saturated rings. The highest BCUT2D eigenvalue weighted by atomic mass is 32.1. The molecule has 1 saturated heterocycles. The molecular formula is C26H23NO2S. The van der Waals surface area contributed by atoms with Crippen molar-refractivity contribution >= 4 is 23.0 Å². The average molecular weight is 414 g/mol. The van der Waals surface area contributed by atoms with Gasteiger partial charge in [0.15, 0.2) is 0 Å². The average Bonchev–Trinajstić information content (AvgIpc) is 3.48. The van der Waals surface area contributed by atoms with Crippen LogP contribution in [0.3, 0.4) is 0 Å². The summed E-state index contributed by atoms with van der Waals surface area (Å²) in [5, 5.41) is 2.12. The van der Waals surface area contributed by atoms with Gasteiger partial charge in [-0.05, 0) is 58.5 Å². The van der Waals surface area contributed by atoms with Crippen molar-refractivity contribution in [3.05, 3.63) is 88.1 Å². The zero-order valence-corrected chi connectivity index (χ0v) is 17.5. The summed E-state index contributed by atoms with van der Waals surface area (Å²) in [6.07, 6.45) is 5.15. The predicted octanol–water partition coefficient (Wildman–Crippen LogP) is 6.32. The van der Waals surface area contributed by atoms with Gasteiger partial charge in [-0.2, -0.15) is 0 Å². The largest absolute Gasteiger partial charge is 0.448 e. The Hall–Kier alpha value is -2.85. The predicted molar refractivity (Wildman–Crippen MR) is 121 cm³/mol. The van der Waals surface area contributed by atoms with Crippen molar-refractivity contribution in [3.8, 4) is 11.1 Å². The van der Waals surface area contributed by atoms with Gasteiger partial charge in [-0.1, -0.05) is 60.7 Å². The summed E-state index contributed by atoms with van der Waals surface area (Å²) < 4.78 is 5.95. The van der Waals surface area contributed by atoms with E-state index in [-0.39, 0.29) is 24.1 Å². The lowest BCUT2D eigenvalue weighted by Gasteiger charge is -2.33. The first kappa shape index (κ1) is 18.0. The van der Waals surface area contributed by atoms with E-state index >= 15 is 0 Å². The summed E-state index contributed by atoms with van der Waals surface area (Å²) in [5.41, 5.74) is 6.42. The standard InChI is InChI=1S/C26H23NO2S/c28-26(27-18-11-12-19(27)15-17(14-18)25-10-5-13-30-25)29-16-24-22-8-3-1-6-20(22)21-7-2-4-9-23(21)24/h1-10,13-14,18-19,24H,11-12,15-16H2. The van der Waals surface area contributed by atoms with Gasteiger partial charge in [0, 0.05) is 16.8 Å². The minimum atomic E-state index is -0.161. The Morgan fingerprint density at radius 3 is 2.37 bits per heavy atom. The fourth-order valence-electron chi connectivity index (χ4n) is 5.43. The van der Waals surface area contributed by atoms with Crippen LogP contribution < -0.4 is 0 Å². The molecule has 6 rings (SSSR count). The quantitative estimate of drug-likeness (QED) is 0.503. The molecule has 3 aromatic rings. The van der Waals surface area contributed by atoms with E-state index in [1.54, 1.807) is 11.3 Å². The molecule has 3 nitrogen and oxygen atoms in total. The van der Waals surface area contributed by atoms with Crippen LogP contribution in [0.1, 0.15) is 41.2 Å². The molecule has 2 atom stereocenters. The minimum Gasteiger partial charge on any atom is -0.448 e. The lowest BCUT2D eigenvalue weighted by molar-refractivity contribution is 0.0867. The Morgan fingerprint density at radius 1 is 0.967 bits per heavy atom. The molecule has 150 valence electrons. The summed E-state index contributed by atoms with van der Waals surface area (Å²) in [7, 11) is 0. The highest BCUT2D eigenvalue weighted by Gasteiger charge is 2.41. The Labute approximate surface area is 180 Å². The van der Waals surface area contributed by atoms with Gasteiger partial charge in [-0.3, -0.25) is 4.90 Å². The molecule has 2 bridgehead atoms. The van der Waals surface area contributed by atoms with Crippen molar-refractivity contribution in [1.29, 1.82) is 0 Å². The first-order valence-corrected chi connectivity index (χ1v) is 11.6. The SMILES string of the molecule is O=C(OCC1c2ccccc2-c2ccccc21)N1C2C=C(c3cccs3)CC1CC2. The van der Waals surface area contributed by atoms with E-state index in [1.807, 2.05) is 4.90 Å². The Morgan fingerprint density at radius 2 is 1.70 bits per heavy atom. The number of hydrogen-bond acceptors (Lipinski definition) is 3. The van der Waals surface area contributed by atoms with Crippen LogP contribution >= 0.6 is 11.3 Å². The van der Waals surface area contributed by atoms with E-state index in [9.17, 15) is 4.79 Å². The van der Waals surface area contributed by atoms with Gasteiger partial charge in [0.2, 0.25) is 0 Å². The normalized spacial score (nSPS) is 21.9. The number of carbonyl (C=O) groups is 1. The van der Waals surface area contributed by atoms with Gasteiger partial charge in [0.25, 0.3) is 0 Å². The molecular weight excluding hydrogens is 390 g/mol. The van der Waals surface area contributed by atoms with Crippen molar-refractivity contribution < 1.29 is 9.53 Å². The van der Waals surface area contributed by atoms with Crippen LogP contribution in [0, 0.1) is 0 Å². The fourth-order valence-corrected chi connectivity index (χ4v) is 6.19. The molecule has 2 unspecified atom stereocenters. The molecule has 2 aromatic carbocycles. The van der Waals surface area contributed by atoms with E-state index in [0.29, 0.717) is 6.61 Å². The maximum absolute atomic E-state index is 13.1.